The molecule has 0 spiro atoms. The number of methoxy groups -OCH3 is 2. The van der Waals surface area contributed by atoms with Crippen molar-refractivity contribution in [3.05, 3.63) is 18.2 Å². The predicted octanol–water partition coefficient (Wildman–Crippen LogP) is 2.19. The van der Waals surface area contributed by atoms with Crippen molar-refractivity contribution in [1.82, 2.24) is 4.90 Å². The summed E-state index contributed by atoms with van der Waals surface area (Å²) in [5, 5.41) is 3.52. The Morgan fingerprint density at radius 3 is 2.40 bits per heavy atom. The van der Waals surface area contributed by atoms with Gasteiger partial charge in [0.1, 0.15) is 11.5 Å². The summed E-state index contributed by atoms with van der Waals surface area (Å²) in [6.45, 7) is 1.48. The first-order valence-corrected chi connectivity index (χ1v) is 9.99. The van der Waals surface area contributed by atoms with Gasteiger partial charge in [-0.15, -0.1) is 0 Å². The number of ether oxygens (including phenoxy) is 2. The highest BCUT2D eigenvalue weighted by Crippen LogP contribution is 2.27. The Morgan fingerprint density at radius 1 is 1.28 bits per heavy atom. The third kappa shape index (κ3) is 5.71. The zero-order valence-electron chi connectivity index (χ0n) is 15.3. The molecule has 1 amide bonds. The van der Waals surface area contributed by atoms with Crippen molar-refractivity contribution >= 4 is 23.4 Å². The van der Waals surface area contributed by atoms with Crippen LogP contribution in [0.15, 0.2) is 18.2 Å². The molecule has 1 atom stereocenters. The Morgan fingerprint density at radius 2 is 1.88 bits per heavy atom. The van der Waals surface area contributed by atoms with Gasteiger partial charge >= 0.3 is 0 Å². The molecule has 1 fully saturated rings. The average molecular weight is 368 g/mol. The molecular formula is C18H29N3O3S. The SMILES string of the molecule is COc1cc(NC2CCN(C(=O)[C@@H](N)CCSC)CC2)cc(OC)c1. The van der Waals surface area contributed by atoms with Crippen LogP contribution in [0.4, 0.5) is 5.69 Å². The van der Waals surface area contributed by atoms with Crippen LogP contribution in [0.3, 0.4) is 0 Å². The van der Waals surface area contributed by atoms with Crippen LogP contribution < -0.4 is 20.5 Å². The minimum Gasteiger partial charge on any atom is -0.497 e. The molecule has 0 saturated carbocycles. The first kappa shape index (κ1) is 19.7. The fraction of sp³-hybridized carbons (Fsp3) is 0.611. The standard InChI is InChI=1S/C18H29N3O3S/c1-23-15-10-14(11-16(12-15)24-2)20-13-4-7-21(8-5-13)18(22)17(19)6-9-25-3/h10-13,17,20H,4-9,19H2,1-3H3/t17-/m0/s1. The number of piperidine rings is 1. The summed E-state index contributed by atoms with van der Waals surface area (Å²) >= 11 is 1.72. The summed E-state index contributed by atoms with van der Waals surface area (Å²) < 4.78 is 10.6. The Balaban J connectivity index is 1.87. The van der Waals surface area contributed by atoms with E-state index in [-0.39, 0.29) is 11.9 Å². The van der Waals surface area contributed by atoms with Crippen LogP contribution in [0.5, 0.6) is 11.5 Å². The Bertz CT molecular complexity index is 540. The molecule has 1 saturated heterocycles. The van der Waals surface area contributed by atoms with Gasteiger partial charge in [-0.3, -0.25) is 4.79 Å². The van der Waals surface area contributed by atoms with Crippen molar-refractivity contribution in [2.24, 2.45) is 5.73 Å². The van der Waals surface area contributed by atoms with Crippen molar-refractivity contribution in [2.75, 3.05) is 44.6 Å². The number of benzene rings is 1. The minimum atomic E-state index is -0.375. The molecule has 2 rings (SSSR count). The van der Waals surface area contributed by atoms with Crippen LogP contribution in [-0.4, -0.2) is 62.2 Å². The number of rotatable bonds is 8. The molecule has 1 aliphatic heterocycles. The van der Waals surface area contributed by atoms with E-state index >= 15 is 0 Å². The number of nitrogens with two attached hydrogens (primary N) is 1. The first-order valence-electron chi connectivity index (χ1n) is 8.60. The van der Waals surface area contributed by atoms with Crippen LogP contribution in [0.1, 0.15) is 19.3 Å². The zero-order chi connectivity index (χ0) is 18.2. The van der Waals surface area contributed by atoms with E-state index in [4.69, 9.17) is 15.2 Å². The molecule has 1 aromatic carbocycles. The number of hydrogen-bond donors (Lipinski definition) is 2. The number of carbonyl (C=O) groups is 1. The van der Waals surface area contributed by atoms with Gasteiger partial charge in [-0.25, -0.2) is 0 Å². The van der Waals surface area contributed by atoms with Crippen molar-refractivity contribution in [2.45, 2.75) is 31.3 Å². The number of carbonyl (C=O) groups excluding carboxylic acids is 1. The van der Waals surface area contributed by atoms with E-state index in [0.717, 1.165) is 55.3 Å². The second kappa shape index (κ2) is 9.77. The highest BCUT2D eigenvalue weighted by atomic mass is 32.2. The summed E-state index contributed by atoms with van der Waals surface area (Å²) in [5.74, 6) is 2.52. The van der Waals surface area contributed by atoms with Crippen LogP contribution in [-0.2, 0) is 4.79 Å². The number of hydrogen-bond acceptors (Lipinski definition) is 6. The molecule has 1 heterocycles. The van der Waals surface area contributed by atoms with Crippen molar-refractivity contribution < 1.29 is 14.3 Å². The number of anilines is 1. The maximum absolute atomic E-state index is 12.4. The lowest BCUT2D eigenvalue weighted by atomic mass is 10.0. The Labute approximate surface area is 154 Å². The molecular weight excluding hydrogens is 338 g/mol. The van der Waals surface area contributed by atoms with Gasteiger partial charge < -0.3 is 25.4 Å². The van der Waals surface area contributed by atoms with Gasteiger partial charge in [-0.05, 0) is 31.3 Å². The number of likely N-dealkylation sites (tertiary alicyclic amines) is 1. The van der Waals surface area contributed by atoms with E-state index in [1.54, 1.807) is 26.0 Å². The molecule has 25 heavy (non-hydrogen) atoms. The van der Waals surface area contributed by atoms with Gasteiger partial charge in [0, 0.05) is 43.0 Å². The molecule has 0 aliphatic carbocycles. The van der Waals surface area contributed by atoms with Gasteiger partial charge in [-0.2, -0.15) is 11.8 Å². The number of thioether (sulfide) groups is 1. The molecule has 1 aromatic rings. The van der Waals surface area contributed by atoms with Crippen molar-refractivity contribution in [3.63, 3.8) is 0 Å². The average Bonchev–Trinajstić information content (AvgIpc) is 2.65. The van der Waals surface area contributed by atoms with E-state index in [1.807, 2.05) is 29.4 Å². The molecule has 3 N–H and O–H groups in total. The summed E-state index contributed by atoms with van der Waals surface area (Å²) in [4.78, 5) is 14.3. The van der Waals surface area contributed by atoms with E-state index in [1.165, 1.54) is 0 Å². The quantitative estimate of drug-likeness (QED) is 0.733. The topological polar surface area (TPSA) is 76.8 Å². The number of nitrogens with zero attached hydrogens (tertiary/aromatic N) is 1. The number of nitrogens with one attached hydrogen (secondary N) is 1. The molecule has 0 unspecified atom stereocenters. The maximum Gasteiger partial charge on any atom is 0.239 e. The third-order valence-corrected chi connectivity index (χ3v) is 5.12. The van der Waals surface area contributed by atoms with Crippen molar-refractivity contribution in [3.8, 4) is 11.5 Å². The van der Waals surface area contributed by atoms with Crippen molar-refractivity contribution in [1.29, 1.82) is 0 Å². The van der Waals surface area contributed by atoms with Gasteiger partial charge in [0.25, 0.3) is 0 Å². The molecule has 7 heteroatoms. The summed E-state index contributed by atoms with van der Waals surface area (Å²) in [7, 11) is 3.28. The lowest BCUT2D eigenvalue weighted by Gasteiger charge is -2.34. The molecule has 6 nitrogen and oxygen atoms in total. The molecule has 140 valence electrons. The van der Waals surface area contributed by atoms with Gasteiger partial charge in [0.2, 0.25) is 5.91 Å². The fourth-order valence-corrected chi connectivity index (χ4v) is 3.46. The van der Waals surface area contributed by atoms with E-state index in [2.05, 4.69) is 5.32 Å². The number of amides is 1. The molecule has 0 radical (unpaired) electrons. The highest BCUT2D eigenvalue weighted by Gasteiger charge is 2.26. The summed E-state index contributed by atoms with van der Waals surface area (Å²) in [5.41, 5.74) is 6.98. The van der Waals surface area contributed by atoms with E-state index < -0.39 is 0 Å². The van der Waals surface area contributed by atoms with Crippen LogP contribution in [0, 0.1) is 0 Å². The second-order valence-corrected chi connectivity index (χ2v) is 7.22. The van der Waals surface area contributed by atoms with E-state index in [0.29, 0.717) is 6.04 Å². The normalized spacial score (nSPS) is 16.4. The monoisotopic (exact) mass is 367 g/mol. The van der Waals surface area contributed by atoms with Gasteiger partial charge in [0.05, 0.1) is 20.3 Å². The van der Waals surface area contributed by atoms with Crippen LogP contribution >= 0.6 is 11.8 Å². The lowest BCUT2D eigenvalue weighted by molar-refractivity contribution is -0.133. The second-order valence-electron chi connectivity index (χ2n) is 6.23. The van der Waals surface area contributed by atoms with Crippen LogP contribution in [0.2, 0.25) is 0 Å². The van der Waals surface area contributed by atoms with Gasteiger partial charge in [0.15, 0.2) is 0 Å². The van der Waals surface area contributed by atoms with E-state index in [9.17, 15) is 4.79 Å². The summed E-state index contributed by atoms with van der Waals surface area (Å²) in [6, 6.07) is 5.71. The van der Waals surface area contributed by atoms with Gasteiger partial charge in [-0.1, -0.05) is 0 Å². The molecule has 0 bridgehead atoms. The molecule has 1 aliphatic rings. The molecule has 0 aromatic heterocycles. The largest absolute Gasteiger partial charge is 0.497 e. The highest BCUT2D eigenvalue weighted by molar-refractivity contribution is 7.98. The first-order chi connectivity index (χ1) is 12.1. The summed E-state index contributed by atoms with van der Waals surface area (Å²) in [6.07, 6.45) is 4.57. The Kier molecular flexibility index (Phi) is 7.71. The maximum atomic E-state index is 12.4. The minimum absolute atomic E-state index is 0.0792. The van der Waals surface area contributed by atoms with Crippen LogP contribution in [0.25, 0.3) is 0 Å². The third-order valence-electron chi connectivity index (χ3n) is 4.48. The smallest absolute Gasteiger partial charge is 0.239 e. The predicted molar refractivity (Wildman–Crippen MR) is 104 cm³/mol. The fourth-order valence-electron chi connectivity index (χ4n) is 2.97. The Hall–Kier alpha value is -1.60. The zero-order valence-corrected chi connectivity index (χ0v) is 16.1. The lowest BCUT2D eigenvalue weighted by Crippen LogP contribution is -2.49.